The van der Waals surface area contributed by atoms with Crippen molar-refractivity contribution in [2.45, 2.75) is 45.1 Å². The first kappa shape index (κ1) is 18.4. The Morgan fingerprint density at radius 2 is 2.12 bits per heavy atom. The van der Waals surface area contributed by atoms with Crippen LogP contribution in [-0.2, 0) is 11.3 Å². The first-order valence-electron chi connectivity index (χ1n) is 9.04. The highest BCUT2D eigenvalue weighted by molar-refractivity contribution is 6.01. The molecule has 3 nitrogen and oxygen atoms in total. The average molecular weight is 358 g/mol. The number of fused-ring (bicyclic) bond motifs is 1. The normalized spacial score (nSPS) is 17.7. The predicted octanol–water partition coefficient (Wildman–Crippen LogP) is 5.62. The Morgan fingerprint density at radius 1 is 1.38 bits per heavy atom. The lowest BCUT2D eigenvalue weighted by atomic mass is 9.86. The number of benzene rings is 1. The van der Waals surface area contributed by atoms with Gasteiger partial charge in [0.05, 0.1) is 0 Å². The summed E-state index contributed by atoms with van der Waals surface area (Å²) in [6, 6.07) is 5.79. The Labute approximate surface area is 152 Å². The number of rotatable bonds is 5. The number of hydrogen-bond acceptors (Lipinski definition) is 1. The summed E-state index contributed by atoms with van der Waals surface area (Å²) in [5, 5.41) is 3.81. The topological polar surface area (TPSA) is 34.0 Å². The number of nitrogens with zero attached hydrogens (tertiary/aromatic N) is 1. The van der Waals surface area contributed by atoms with Gasteiger partial charge in [-0.15, -0.1) is 0 Å². The van der Waals surface area contributed by atoms with Crippen molar-refractivity contribution in [3.63, 3.8) is 0 Å². The van der Waals surface area contributed by atoms with Gasteiger partial charge in [-0.05, 0) is 55.5 Å². The minimum absolute atomic E-state index is 0.0313. The quantitative estimate of drug-likeness (QED) is 0.691. The highest BCUT2D eigenvalue weighted by atomic mass is 19.3. The van der Waals surface area contributed by atoms with E-state index in [9.17, 15) is 13.6 Å². The van der Waals surface area contributed by atoms with Crippen LogP contribution >= 0.6 is 0 Å². The molecule has 0 atom stereocenters. The standard InChI is InChI=1S/C21H24F2N2O/c1-3-20(26)24-17-7-8-19-18(13-17)16(14-25(19)4-2)6-5-15-9-11-21(22,23)12-10-15/h3,5-8,13-15H,1,4,9-12H2,2H3,(H,24,26). The van der Waals surface area contributed by atoms with Gasteiger partial charge >= 0.3 is 0 Å². The van der Waals surface area contributed by atoms with Gasteiger partial charge in [0.15, 0.2) is 0 Å². The Bertz CT molecular complexity index is 841. The monoisotopic (exact) mass is 358 g/mol. The smallest absolute Gasteiger partial charge is 0.248 e. The molecule has 0 radical (unpaired) electrons. The van der Waals surface area contributed by atoms with Crippen LogP contribution < -0.4 is 5.32 Å². The maximum atomic E-state index is 13.3. The van der Waals surface area contributed by atoms with Crippen LogP contribution in [0.5, 0.6) is 0 Å². The Hall–Kier alpha value is -2.43. The van der Waals surface area contributed by atoms with Crippen LogP contribution in [-0.4, -0.2) is 16.4 Å². The van der Waals surface area contributed by atoms with Crippen molar-refractivity contribution >= 4 is 28.6 Å². The molecule has 1 saturated carbocycles. The molecule has 5 heteroatoms. The number of carbonyl (C=O) groups excluding carboxylic acids is 1. The van der Waals surface area contributed by atoms with Crippen LogP contribution in [0, 0.1) is 5.92 Å². The zero-order chi connectivity index (χ0) is 18.7. The van der Waals surface area contributed by atoms with Crippen LogP contribution in [0.25, 0.3) is 17.0 Å². The van der Waals surface area contributed by atoms with Crippen molar-refractivity contribution in [2.75, 3.05) is 5.32 Å². The number of allylic oxidation sites excluding steroid dienone is 1. The molecule has 1 aliphatic carbocycles. The fraction of sp³-hybridized carbons (Fsp3) is 0.381. The van der Waals surface area contributed by atoms with Crippen molar-refractivity contribution in [1.82, 2.24) is 4.57 Å². The maximum Gasteiger partial charge on any atom is 0.248 e. The summed E-state index contributed by atoms with van der Waals surface area (Å²) in [4.78, 5) is 11.5. The fourth-order valence-corrected chi connectivity index (χ4v) is 3.48. The lowest BCUT2D eigenvalue weighted by molar-refractivity contribution is -0.111. The summed E-state index contributed by atoms with van der Waals surface area (Å²) in [7, 11) is 0. The minimum Gasteiger partial charge on any atom is -0.347 e. The third kappa shape index (κ3) is 4.03. The van der Waals surface area contributed by atoms with E-state index in [1.165, 1.54) is 6.08 Å². The largest absolute Gasteiger partial charge is 0.347 e. The van der Waals surface area contributed by atoms with Gasteiger partial charge in [0.25, 0.3) is 0 Å². The van der Waals surface area contributed by atoms with Crippen molar-refractivity contribution < 1.29 is 13.6 Å². The molecule has 0 aliphatic heterocycles. The Morgan fingerprint density at radius 3 is 2.77 bits per heavy atom. The van der Waals surface area contributed by atoms with Crippen LogP contribution in [0.1, 0.15) is 38.2 Å². The van der Waals surface area contributed by atoms with E-state index in [2.05, 4.69) is 35.7 Å². The number of aromatic nitrogens is 1. The molecule has 3 rings (SSSR count). The summed E-state index contributed by atoms with van der Waals surface area (Å²) >= 11 is 0. The number of carbonyl (C=O) groups is 1. The SMILES string of the molecule is C=CC(=O)Nc1ccc2c(c1)c(C=CC1CCC(F)(F)CC1)cn2CC. The summed E-state index contributed by atoms with van der Waals surface area (Å²) in [6.07, 6.45) is 8.37. The number of aryl methyl sites for hydroxylation is 1. The van der Waals surface area contributed by atoms with Crippen molar-refractivity contribution in [2.24, 2.45) is 5.92 Å². The van der Waals surface area contributed by atoms with Crippen molar-refractivity contribution in [3.05, 3.63) is 48.7 Å². The number of halogens is 2. The maximum absolute atomic E-state index is 13.3. The molecule has 1 N–H and O–H groups in total. The average Bonchev–Trinajstić information content (AvgIpc) is 2.98. The van der Waals surface area contributed by atoms with Crippen LogP contribution in [0.4, 0.5) is 14.5 Å². The van der Waals surface area contributed by atoms with E-state index in [-0.39, 0.29) is 24.7 Å². The van der Waals surface area contributed by atoms with E-state index < -0.39 is 5.92 Å². The fourth-order valence-electron chi connectivity index (χ4n) is 3.48. The summed E-state index contributed by atoms with van der Waals surface area (Å²) in [6.45, 7) is 6.37. The van der Waals surface area contributed by atoms with Gasteiger partial charge in [-0.1, -0.05) is 18.7 Å². The van der Waals surface area contributed by atoms with E-state index in [1.807, 2.05) is 24.3 Å². The first-order valence-corrected chi connectivity index (χ1v) is 9.04. The molecule has 0 bridgehead atoms. The molecule has 1 aliphatic rings. The second-order valence-corrected chi connectivity index (χ2v) is 6.85. The second kappa shape index (κ2) is 7.44. The molecule has 1 amide bonds. The van der Waals surface area contributed by atoms with Gasteiger partial charge < -0.3 is 9.88 Å². The van der Waals surface area contributed by atoms with E-state index in [1.54, 1.807) is 0 Å². The van der Waals surface area contributed by atoms with Crippen LogP contribution in [0.15, 0.2) is 43.1 Å². The van der Waals surface area contributed by atoms with Gasteiger partial charge in [0.1, 0.15) is 0 Å². The molecule has 2 aromatic rings. The van der Waals surface area contributed by atoms with Crippen LogP contribution in [0.2, 0.25) is 0 Å². The van der Waals surface area contributed by atoms with Gasteiger partial charge in [0, 0.05) is 42.2 Å². The van der Waals surface area contributed by atoms with E-state index in [0.717, 1.165) is 23.0 Å². The Kier molecular flexibility index (Phi) is 5.25. The lowest BCUT2D eigenvalue weighted by Crippen LogP contribution is -2.23. The first-order chi connectivity index (χ1) is 12.4. The van der Waals surface area contributed by atoms with Gasteiger partial charge in [0.2, 0.25) is 11.8 Å². The number of alkyl halides is 2. The molecule has 138 valence electrons. The summed E-state index contributed by atoms with van der Waals surface area (Å²) in [5.74, 6) is -2.56. The third-order valence-corrected chi connectivity index (χ3v) is 5.02. The lowest BCUT2D eigenvalue weighted by Gasteiger charge is -2.26. The molecular weight excluding hydrogens is 334 g/mol. The van der Waals surface area contributed by atoms with Crippen molar-refractivity contribution in [1.29, 1.82) is 0 Å². The van der Waals surface area contributed by atoms with Crippen molar-refractivity contribution in [3.8, 4) is 0 Å². The molecule has 1 fully saturated rings. The van der Waals surface area contributed by atoms with Crippen LogP contribution in [0.3, 0.4) is 0 Å². The van der Waals surface area contributed by atoms with E-state index in [0.29, 0.717) is 18.5 Å². The minimum atomic E-state index is -2.50. The van der Waals surface area contributed by atoms with Gasteiger partial charge in [-0.2, -0.15) is 0 Å². The molecule has 0 unspecified atom stereocenters. The van der Waals surface area contributed by atoms with E-state index >= 15 is 0 Å². The number of anilines is 1. The molecule has 1 heterocycles. The molecule has 26 heavy (non-hydrogen) atoms. The molecule has 1 aromatic heterocycles. The molecular formula is C21H24F2N2O. The number of amides is 1. The molecule has 0 spiro atoms. The number of hydrogen-bond donors (Lipinski definition) is 1. The second-order valence-electron chi connectivity index (χ2n) is 6.85. The zero-order valence-corrected chi connectivity index (χ0v) is 15.0. The molecule has 0 saturated heterocycles. The summed E-state index contributed by atoms with van der Waals surface area (Å²) < 4.78 is 28.8. The Balaban J connectivity index is 1.86. The predicted molar refractivity (Wildman–Crippen MR) is 102 cm³/mol. The van der Waals surface area contributed by atoms with Gasteiger partial charge in [-0.25, -0.2) is 8.78 Å². The highest BCUT2D eigenvalue weighted by Gasteiger charge is 2.33. The third-order valence-electron chi connectivity index (χ3n) is 5.02. The zero-order valence-electron chi connectivity index (χ0n) is 15.0. The number of nitrogens with one attached hydrogen (secondary N) is 1. The highest BCUT2D eigenvalue weighted by Crippen LogP contribution is 2.37. The van der Waals surface area contributed by atoms with Gasteiger partial charge in [-0.3, -0.25) is 4.79 Å². The van der Waals surface area contributed by atoms with E-state index in [4.69, 9.17) is 0 Å². The molecule has 1 aromatic carbocycles. The summed E-state index contributed by atoms with van der Waals surface area (Å²) in [5.41, 5.74) is 2.83.